The molecule has 0 aliphatic rings. The largest absolute Gasteiger partial charge is 0.464 e. The molecule has 0 saturated heterocycles. The summed E-state index contributed by atoms with van der Waals surface area (Å²) in [6.07, 6.45) is -6.77. The molecule has 29 heavy (non-hydrogen) atoms. The van der Waals surface area contributed by atoms with Crippen LogP contribution in [0.2, 0.25) is 10.0 Å². The van der Waals surface area contributed by atoms with Gasteiger partial charge in [0.1, 0.15) is 6.61 Å². The third-order valence-corrected chi connectivity index (χ3v) is 4.24. The van der Waals surface area contributed by atoms with Crippen molar-refractivity contribution in [3.63, 3.8) is 0 Å². The van der Waals surface area contributed by atoms with Gasteiger partial charge in [0.05, 0.1) is 6.61 Å². The molecule has 0 aromatic heterocycles. The fourth-order valence-electron chi connectivity index (χ4n) is 2.51. The molecule has 0 fully saturated rings. The maximum atomic E-state index is 14.2. The zero-order valence-electron chi connectivity index (χ0n) is 15.1. The molecule has 0 aliphatic carbocycles. The number of benzene rings is 2. The lowest BCUT2D eigenvalue weighted by Crippen LogP contribution is -2.62. The van der Waals surface area contributed by atoms with E-state index in [0.717, 1.165) is 12.1 Å². The van der Waals surface area contributed by atoms with Gasteiger partial charge in [-0.15, -0.1) is 0 Å². The Morgan fingerprint density at radius 2 is 1.59 bits per heavy atom. The highest BCUT2D eigenvalue weighted by Gasteiger charge is 2.64. The number of alkyl halides is 3. The van der Waals surface area contributed by atoms with E-state index < -0.39 is 29.3 Å². The highest BCUT2D eigenvalue weighted by molar-refractivity contribution is 6.34. The van der Waals surface area contributed by atoms with Gasteiger partial charge >= 0.3 is 18.2 Å². The maximum Gasteiger partial charge on any atom is 0.426 e. The molecule has 0 heterocycles. The minimum atomic E-state index is -5.29. The molecule has 1 atom stereocenters. The van der Waals surface area contributed by atoms with Gasteiger partial charge in [0.2, 0.25) is 0 Å². The fraction of sp³-hybridized carbons (Fsp3) is 0.263. The summed E-state index contributed by atoms with van der Waals surface area (Å²) in [6.45, 7) is 0.670. The molecule has 2 aromatic carbocycles. The fourth-order valence-corrected chi connectivity index (χ4v) is 3.04. The van der Waals surface area contributed by atoms with Crippen LogP contribution in [0, 0.1) is 0 Å². The Morgan fingerprint density at radius 1 is 1.00 bits per heavy atom. The highest BCUT2D eigenvalue weighted by Crippen LogP contribution is 2.42. The number of alkyl carbamates (subject to hydrolysis) is 1. The van der Waals surface area contributed by atoms with Crippen LogP contribution in [0.5, 0.6) is 0 Å². The lowest BCUT2D eigenvalue weighted by molar-refractivity contribution is -0.215. The van der Waals surface area contributed by atoms with Crippen molar-refractivity contribution in [3.8, 4) is 0 Å². The second-order valence-electron chi connectivity index (χ2n) is 5.81. The average molecular weight is 450 g/mol. The van der Waals surface area contributed by atoms with Gasteiger partial charge in [-0.3, -0.25) is 5.32 Å². The van der Waals surface area contributed by atoms with E-state index in [0.29, 0.717) is 5.56 Å². The van der Waals surface area contributed by atoms with Crippen LogP contribution < -0.4 is 5.32 Å². The molecule has 0 saturated carbocycles. The van der Waals surface area contributed by atoms with E-state index in [9.17, 15) is 22.8 Å². The number of carbonyl (C=O) groups is 2. The van der Waals surface area contributed by atoms with Crippen molar-refractivity contribution in [1.29, 1.82) is 0 Å². The quantitative estimate of drug-likeness (QED) is 0.612. The Morgan fingerprint density at radius 3 is 2.10 bits per heavy atom. The smallest absolute Gasteiger partial charge is 0.426 e. The number of hydrogen-bond acceptors (Lipinski definition) is 4. The van der Waals surface area contributed by atoms with Gasteiger partial charge in [-0.2, -0.15) is 13.2 Å². The summed E-state index contributed by atoms with van der Waals surface area (Å²) in [5.74, 6) is -1.75. The molecule has 1 unspecified atom stereocenters. The molecule has 1 amide bonds. The van der Waals surface area contributed by atoms with E-state index in [1.165, 1.54) is 13.0 Å². The van der Waals surface area contributed by atoms with Crippen LogP contribution in [-0.4, -0.2) is 24.8 Å². The minimum Gasteiger partial charge on any atom is -0.464 e. The maximum absolute atomic E-state index is 14.2. The summed E-state index contributed by atoms with van der Waals surface area (Å²) in [4.78, 5) is 24.7. The van der Waals surface area contributed by atoms with Crippen LogP contribution in [0.25, 0.3) is 0 Å². The zero-order valence-corrected chi connectivity index (χ0v) is 16.6. The Kier molecular flexibility index (Phi) is 7.37. The predicted octanol–water partition coefficient (Wildman–Crippen LogP) is 5.24. The van der Waals surface area contributed by atoms with E-state index in [4.69, 9.17) is 27.9 Å². The van der Waals surface area contributed by atoms with Crippen molar-refractivity contribution in [3.05, 3.63) is 69.7 Å². The summed E-state index contributed by atoms with van der Waals surface area (Å²) < 4.78 is 52.0. The van der Waals surface area contributed by atoms with Gasteiger partial charge in [0, 0.05) is 15.6 Å². The summed E-state index contributed by atoms with van der Waals surface area (Å²) in [5.41, 5.74) is -3.73. The molecule has 0 spiro atoms. The van der Waals surface area contributed by atoms with Crippen LogP contribution >= 0.6 is 23.2 Å². The third-order valence-electron chi connectivity index (χ3n) is 3.80. The Hall–Kier alpha value is -2.45. The molecule has 156 valence electrons. The van der Waals surface area contributed by atoms with Crippen molar-refractivity contribution in [2.75, 3.05) is 6.61 Å². The molecule has 0 bridgehead atoms. The Bertz CT molecular complexity index is 857. The van der Waals surface area contributed by atoms with Crippen LogP contribution in [-0.2, 0) is 26.4 Å². The van der Waals surface area contributed by atoms with Crippen LogP contribution in [0.3, 0.4) is 0 Å². The standard InChI is InChI=1S/C19H16Cl2F3NO4/c1-2-28-16(26)18(19(22,23)24,13-8-14(20)10-15(21)9-13)25-17(27)29-11-12-6-4-3-5-7-12/h3-10H,2,11H2,1H3,(H,25,27). The first-order valence-corrected chi connectivity index (χ1v) is 9.05. The average Bonchev–Trinajstić information content (AvgIpc) is 2.63. The van der Waals surface area contributed by atoms with E-state index in [-0.39, 0.29) is 23.3 Å². The van der Waals surface area contributed by atoms with Crippen molar-refractivity contribution < 1.29 is 32.2 Å². The second kappa shape index (κ2) is 9.37. The molecule has 2 aromatic rings. The lowest BCUT2D eigenvalue weighted by atomic mass is 9.89. The number of esters is 1. The molecular formula is C19H16Cl2F3NO4. The van der Waals surface area contributed by atoms with E-state index in [2.05, 4.69) is 4.74 Å². The molecule has 5 nitrogen and oxygen atoms in total. The summed E-state index contributed by atoms with van der Waals surface area (Å²) in [5, 5.41) is 1.29. The van der Waals surface area contributed by atoms with Gasteiger partial charge in [-0.05, 0) is 30.7 Å². The van der Waals surface area contributed by atoms with E-state index >= 15 is 0 Å². The van der Waals surface area contributed by atoms with E-state index in [1.807, 2.05) is 0 Å². The second-order valence-corrected chi connectivity index (χ2v) is 6.69. The van der Waals surface area contributed by atoms with Crippen LogP contribution in [0.4, 0.5) is 18.0 Å². The molecule has 0 aliphatic heterocycles. The number of rotatable bonds is 6. The molecule has 0 radical (unpaired) electrons. The van der Waals surface area contributed by atoms with Crippen molar-refractivity contribution in [2.45, 2.75) is 25.2 Å². The van der Waals surface area contributed by atoms with Gasteiger partial charge < -0.3 is 9.47 Å². The number of carbonyl (C=O) groups excluding carboxylic acids is 2. The SMILES string of the molecule is CCOC(=O)C(NC(=O)OCc1ccccc1)(c1cc(Cl)cc(Cl)c1)C(F)(F)F. The van der Waals surface area contributed by atoms with Gasteiger partial charge in [-0.25, -0.2) is 9.59 Å². The number of halogens is 5. The first kappa shape index (κ1) is 22.8. The summed E-state index contributed by atoms with van der Waals surface area (Å²) in [7, 11) is 0. The molecule has 1 N–H and O–H groups in total. The van der Waals surface area contributed by atoms with Crippen molar-refractivity contribution in [1.82, 2.24) is 5.32 Å². The highest BCUT2D eigenvalue weighted by atomic mass is 35.5. The van der Waals surface area contributed by atoms with Crippen molar-refractivity contribution >= 4 is 35.3 Å². The van der Waals surface area contributed by atoms with Crippen molar-refractivity contribution in [2.24, 2.45) is 0 Å². The normalized spacial score (nSPS) is 13.3. The third kappa shape index (κ3) is 5.33. The first-order valence-electron chi connectivity index (χ1n) is 8.29. The van der Waals surface area contributed by atoms with Gasteiger partial charge in [0.15, 0.2) is 0 Å². The summed E-state index contributed by atoms with van der Waals surface area (Å²) >= 11 is 11.6. The van der Waals surface area contributed by atoms with Gasteiger partial charge in [-0.1, -0.05) is 53.5 Å². The zero-order chi connectivity index (χ0) is 21.7. The first-order chi connectivity index (χ1) is 13.6. The lowest BCUT2D eigenvalue weighted by Gasteiger charge is -2.34. The monoisotopic (exact) mass is 449 g/mol. The predicted molar refractivity (Wildman–Crippen MR) is 101 cm³/mol. The number of ether oxygens (including phenoxy) is 2. The Balaban J connectivity index is 2.44. The van der Waals surface area contributed by atoms with Crippen LogP contribution in [0.15, 0.2) is 48.5 Å². The van der Waals surface area contributed by atoms with E-state index in [1.54, 1.807) is 35.6 Å². The minimum absolute atomic E-state index is 0.162. The number of nitrogens with one attached hydrogen (secondary N) is 1. The molecule has 10 heteroatoms. The van der Waals surface area contributed by atoms with Crippen LogP contribution in [0.1, 0.15) is 18.1 Å². The Labute approximate surface area is 174 Å². The number of amides is 1. The molecular weight excluding hydrogens is 434 g/mol. The summed E-state index contributed by atoms with van der Waals surface area (Å²) in [6, 6.07) is 11.2. The topological polar surface area (TPSA) is 64.6 Å². The van der Waals surface area contributed by atoms with Gasteiger partial charge in [0.25, 0.3) is 5.54 Å². The molecule has 2 rings (SSSR count). The number of hydrogen-bond donors (Lipinski definition) is 1.